The van der Waals surface area contributed by atoms with Crippen LogP contribution >= 0.6 is 0 Å². The molecule has 3 rings (SSSR count). The number of rotatable bonds is 3. The van der Waals surface area contributed by atoms with Crippen LogP contribution < -0.4 is 5.56 Å². The summed E-state index contributed by atoms with van der Waals surface area (Å²) in [6, 6.07) is 1.84. The minimum absolute atomic E-state index is 0.167. The van der Waals surface area contributed by atoms with Gasteiger partial charge in [0, 0.05) is 38.3 Å². The Kier molecular flexibility index (Phi) is 5.05. The van der Waals surface area contributed by atoms with Crippen molar-refractivity contribution < 1.29 is 13.2 Å². The van der Waals surface area contributed by atoms with Gasteiger partial charge in [0.2, 0.25) is 10.0 Å². The first-order chi connectivity index (χ1) is 11.3. The lowest BCUT2D eigenvalue weighted by atomic mass is 10.0. The molecule has 1 atom stereocenters. The molecule has 1 aromatic heterocycles. The van der Waals surface area contributed by atoms with Gasteiger partial charge in [0.05, 0.1) is 18.6 Å². The van der Waals surface area contributed by atoms with Gasteiger partial charge in [-0.05, 0) is 19.8 Å². The van der Waals surface area contributed by atoms with E-state index >= 15 is 0 Å². The Bertz CT molecular complexity index is 740. The maximum absolute atomic E-state index is 11.6. The first kappa shape index (κ1) is 17.5. The molecule has 134 valence electrons. The van der Waals surface area contributed by atoms with Crippen LogP contribution in [0.15, 0.2) is 10.9 Å². The van der Waals surface area contributed by atoms with Gasteiger partial charge in [0.1, 0.15) is 11.9 Å². The fraction of sp³-hybridized carbons (Fsp3) is 0.733. The Morgan fingerprint density at radius 3 is 2.62 bits per heavy atom. The van der Waals surface area contributed by atoms with Crippen molar-refractivity contribution in [3.63, 3.8) is 0 Å². The van der Waals surface area contributed by atoms with Gasteiger partial charge >= 0.3 is 0 Å². The summed E-state index contributed by atoms with van der Waals surface area (Å²) >= 11 is 0. The van der Waals surface area contributed by atoms with E-state index in [-0.39, 0.29) is 11.7 Å². The van der Waals surface area contributed by atoms with Gasteiger partial charge in [0.15, 0.2) is 0 Å². The van der Waals surface area contributed by atoms with Gasteiger partial charge in [-0.25, -0.2) is 17.7 Å². The van der Waals surface area contributed by atoms with E-state index in [1.807, 2.05) is 0 Å². The molecule has 0 aliphatic carbocycles. The Morgan fingerprint density at radius 2 is 2.00 bits per heavy atom. The largest absolute Gasteiger partial charge is 0.369 e. The highest BCUT2D eigenvalue weighted by Gasteiger charge is 2.32. The zero-order valence-corrected chi connectivity index (χ0v) is 14.9. The van der Waals surface area contributed by atoms with Crippen LogP contribution in [0.25, 0.3) is 0 Å². The van der Waals surface area contributed by atoms with E-state index in [1.165, 1.54) is 12.3 Å². The van der Waals surface area contributed by atoms with Crippen molar-refractivity contribution in [2.24, 2.45) is 0 Å². The molecule has 3 heterocycles. The predicted octanol–water partition coefficient (Wildman–Crippen LogP) is -0.124. The topological polar surface area (TPSA) is 95.6 Å². The van der Waals surface area contributed by atoms with E-state index in [1.54, 1.807) is 11.2 Å². The minimum Gasteiger partial charge on any atom is -0.369 e. The Balaban J connectivity index is 1.65. The van der Waals surface area contributed by atoms with E-state index < -0.39 is 10.0 Å². The maximum Gasteiger partial charge on any atom is 0.251 e. The van der Waals surface area contributed by atoms with E-state index in [4.69, 9.17) is 4.74 Å². The summed E-state index contributed by atoms with van der Waals surface area (Å²) in [7, 11) is -3.10. The second-order valence-electron chi connectivity index (χ2n) is 6.50. The molecule has 8 nitrogen and oxygen atoms in total. The summed E-state index contributed by atoms with van der Waals surface area (Å²) in [5.41, 5.74) is 0.495. The van der Waals surface area contributed by atoms with Crippen molar-refractivity contribution in [1.29, 1.82) is 0 Å². The number of hydrogen-bond acceptors (Lipinski definition) is 6. The molecule has 0 radical (unpaired) electrons. The quantitative estimate of drug-likeness (QED) is 0.811. The number of aromatic nitrogens is 2. The van der Waals surface area contributed by atoms with E-state index in [0.29, 0.717) is 43.8 Å². The molecule has 2 fully saturated rings. The molecule has 1 aromatic rings. The highest BCUT2D eigenvalue weighted by molar-refractivity contribution is 7.88. The first-order valence-corrected chi connectivity index (χ1v) is 10.1. The summed E-state index contributed by atoms with van der Waals surface area (Å²) in [5, 5.41) is 0. The van der Waals surface area contributed by atoms with Gasteiger partial charge in [-0.3, -0.25) is 9.69 Å². The molecule has 9 heteroatoms. The van der Waals surface area contributed by atoms with Gasteiger partial charge < -0.3 is 9.72 Å². The fourth-order valence-corrected chi connectivity index (χ4v) is 4.36. The lowest BCUT2D eigenvalue weighted by Gasteiger charge is -2.41. The van der Waals surface area contributed by atoms with E-state index in [0.717, 1.165) is 19.4 Å². The average Bonchev–Trinajstić information content (AvgIpc) is 2.53. The summed E-state index contributed by atoms with van der Waals surface area (Å²) in [6.45, 7) is 4.97. The molecule has 1 N–H and O–H groups in total. The number of aromatic amines is 1. The van der Waals surface area contributed by atoms with E-state index in [2.05, 4.69) is 14.9 Å². The monoisotopic (exact) mass is 356 g/mol. The minimum atomic E-state index is -3.10. The lowest BCUT2D eigenvalue weighted by molar-refractivity contribution is -0.0529. The fourth-order valence-electron chi connectivity index (χ4n) is 3.49. The number of aryl methyl sites for hydroxylation is 1. The van der Waals surface area contributed by atoms with Crippen LogP contribution in [0.2, 0.25) is 0 Å². The Hall–Kier alpha value is -1.29. The molecular weight excluding hydrogens is 332 g/mol. The number of hydrogen-bond donors (Lipinski definition) is 1. The third kappa shape index (κ3) is 4.02. The van der Waals surface area contributed by atoms with Crippen LogP contribution in [0.3, 0.4) is 0 Å². The molecule has 0 amide bonds. The number of morpholine rings is 1. The number of H-pyrrole nitrogens is 1. The number of sulfonamides is 1. The second-order valence-corrected chi connectivity index (χ2v) is 8.49. The van der Waals surface area contributed by atoms with Crippen LogP contribution in [-0.2, 0) is 14.8 Å². The number of ether oxygens (including phenoxy) is 1. The molecule has 0 unspecified atom stereocenters. The molecule has 0 bridgehead atoms. The van der Waals surface area contributed by atoms with Crippen molar-refractivity contribution in [2.45, 2.75) is 31.9 Å². The van der Waals surface area contributed by atoms with Crippen molar-refractivity contribution >= 4 is 10.0 Å². The first-order valence-electron chi connectivity index (χ1n) is 8.21. The summed E-state index contributed by atoms with van der Waals surface area (Å²) in [4.78, 5) is 21.0. The van der Waals surface area contributed by atoms with Crippen molar-refractivity contribution in [3.05, 3.63) is 27.9 Å². The summed E-state index contributed by atoms with van der Waals surface area (Å²) in [6.07, 6.45) is 2.69. The highest BCUT2D eigenvalue weighted by atomic mass is 32.2. The van der Waals surface area contributed by atoms with Gasteiger partial charge in [-0.2, -0.15) is 0 Å². The summed E-state index contributed by atoms with van der Waals surface area (Å²) in [5.74, 6) is 0.583. The molecular formula is C15H24N4O4S. The molecule has 2 aliphatic rings. The van der Waals surface area contributed by atoms with Gasteiger partial charge in [0.25, 0.3) is 5.56 Å². The van der Waals surface area contributed by atoms with Gasteiger partial charge in [-0.1, -0.05) is 0 Å². The Morgan fingerprint density at radius 1 is 1.29 bits per heavy atom. The molecule has 0 spiro atoms. The van der Waals surface area contributed by atoms with Crippen LogP contribution in [0.4, 0.5) is 0 Å². The van der Waals surface area contributed by atoms with E-state index in [9.17, 15) is 13.2 Å². The molecule has 2 saturated heterocycles. The SMILES string of the molecule is Cc1nc([C@@H]2CN(C3CCN(S(C)(=O)=O)CC3)CCO2)cc(=O)[nH]1. The number of piperidine rings is 1. The average molecular weight is 356 g/mol. The van der Waals surface area contributed by atoms with Crippen molar-refractivity contribution in [3.8, 4) is 0 Å². The molecule has 0 saturated carbocycles. The predicted molar refractivity (Wildman–Crippen MR) is 89.3 cm³/mol. The van der Waals surface area contributed by atoms with Crippen LogP contribution in [0.5, 0.6) is 0 Å². The van der Waals surface area contributed by atoms with Crippen LogP contribution in [0, 0.1) is 6.92 Å². The number of nitrogens with zero attached hydrogens (tertiary/aromatic N) is 3. The maximum atomic E-state index is 11.6. The van der Waals surface area contributed by atoms with Crippen molar-refractivity contribution in [2.75, 3.05) is 39.0 Å². The number of nitrogens with one attached hydrogen (secondary N) is 1. The molecule has 24 heavy (non-hydrogen) atoms. The Labute approximate surface area is 141 Å². The lowest BCUT2D eigenvalue weighted by Crippen LogP contribution is -2.50. The van der Waals surface area contributed by atoms with Gasteiger partial charge in [-0.15, -0.1) is 0 Å². The van der Waals surface area contributed by atoms with Crippen molar-refractivity contribution in [1.82, 2.24) is 19.2 Å². The zero-order valence-electron chi connectivity index (χ0n) is 14.1. The standard InChI is InChI=1S/C15H24N4O4S/c1-11-16-13(9-15(20)17-11)14-10-18(7-8-23-14)12-3-5-19(6-4-12)24(2,21)22/h9,12,14H,3-8,10H2,1-2H3,(H,16,17,20)/t14-/m0/s1. The van der Waals surface area contributed by atoms with Crippen LogP contribution in [0.1, 0.15) is 30.5 Å². The van der Waals surface area contributed by atoms with Crippen LogP contribution in [-0.4, -0.2) is 72.7 Å². The third-order valence-electron chi connectivity index (χ3n) is 4.72. The normalized spacial score (nSPS) is 25.0. The summed E-state index contributed by atoms with van der Waals surface area (Å²) < 4.78 is 30.6. The highest BCUT2D eigenvalue weighted by Crippen LogP contribution is 2.25. The molecule has 2 aliphatic heterocycles. The zero-order chi connectivity index (χ0) is 17.3. The second kappa shape index (κ2) is 6.91. The third-order valence-corrected chi connectivity index (χ3v) is 6.02. The smallest absolute Gasteiger partial charge is 0.251 e. The molecule has 0 aromatic carbocycles.